The van der Waals surface area contributed by atoms with Gasteiger partial charge in [-0.15, -0.1) is 0 Å². The van der Waals surface area contributed by atoms with Gasteiger partial charge in [-0.25, -0.2) is 10.0 Å². The van der Waals surface area contributed by atoms with Gasteiger partial charge in [-0.3, -0.25) is 0 Å². The lowest BCUT2D eigenvalue weighted by molar-refractivity contribution is 0.544. The maximum Gasteiger partial charge on any atom is -0.0119 e. The Hall–Kier alpha value is 0.350. The molecule has 0 nitrogen and oxygen atoms in total. The Morgan fingerprint density at radius 3 is 1.25 bits per heavy atom. The summed E-state index contributed by atoms with van der Waals surface area (Å²) in [6, 6.07) is 0. The van der Waals surface area contributed by atoms with E-state index in [0.717, 1.165) is 5.25 Å². The lowest BCUT2D eigenvalue weighted by atomic mass is 10.0. The summed E-state index contributed by atoms with van der Waals surface area (Å²) in [5.41, 5.74) is 0. The molecule has 0 amide bonds. The molecular weight excluding hydrogens is 260 g/mol. The molecule has 0 aromatic heterocycles. The maximum atomic E-state index is 2.53. The minimum atomic E-state index is -0.355. The summed E-state index contributed by atoms with van der Waals surface area (Å²) < 4.78 is 0. The average molecular weight is 303 g/mol. The number of unbranched alkanes of at least 4 members (excludes halogenated alkanes) is 9. The van der Waals surface area contributed by atoms with Crippen molar-refractivity contribution in [1.29, 1.82) is 0 Å². The summed E-state index contributed by atoms with van der Waals surface area (Å²) in [6.07, 6.45) is 26.5. The highest BCUT2D eigenvalue weighted by molar-refractivity contribution is 8.32. The van der Waals surface area contributed by atoms with Gasteiger partial charge in [0.05, 0.1) is 0 Å². The van der Waals surface area contributed by atoms with Crippen LogP contribution in [-0.4, -0.2) is 24.0 Å². The van der Waals surface area contributed by atoms with Gasteiger partial charge in [-0.2, -0.15) is 0 Å². The van der Waals surface area contributed by atoms with Crippen molar-refractivity contribution in [2.24, 2.45) is 0 Å². The van der Waals surface area contributed by atoms with Gasteiger partial charge in [0.1, 0.15) is 0 Å². The molecule has 0 aromatic carbocycles. The van der Waals surface area contributed by atoms with Crippen LogP contribution in [0.1, 0.15) is 97.3 Å². The summed E-state index contributed by atoms with van der Waals surface area (Å²) in [6.45, 7) is 4.61. The molecule has 0 aliphatic rings. The molecule has 0 N–H and O–H groups in total. The molecule has 0 fully saturated rings. The molecule has 0 radical (unpaired) electrons. The zero-order valence-electron chi connectivity index (χ0n) is 15.2. The van der Waals surface area contributed by atoms with E-state index in [-0.39, 0.29) is 10.0 Å². The van der Waals surface area contributed by atoms with Crippen LogP contribution >= 0.6 is 10.0 Å². The fourth-order valence-corrected chi connectivity index (χ4v) is 4.73. The van der Waals surface area contributed by atoms with E-state index >= 15 is 0 Å². The maximum absolute atomic E-state index is 2.53. The fraction of sp³-hybridized carbons (Fsp3) is 1.00. The molecule has 1 heteroatoms. The molecule has 0 aliphatic carbocycles. The normalized spacial score (nSPS) is 14.4. The van der Waals surface area contributed by atoms with E-state index in [1.165, 1.54) is 83.5 Å². The molecule has 0 rings (SSSR count). The van der Waals surface area contributed by atoms with Crippen LogP contribution in [0.15, 0.2) is 0 Å². The minimum Gasteiger partial charge on any atom is -0.247 e. The predicted octanol–water partition coefficient (Wildman–Crippen LogP) is 7.16. The van der Waals surface area contributed by atoms with Crippen molar-refractivity contribution in [2.75, 3.05) is 18.8 Å². The van der Waals surface area contributed by atoms with Crippen LogP contribution in [0.4, 0.5) is 0 Å². The summed E-state index contributed by atoms with van der Waals surface area (Å²) in [5.74, 6) is 0. The first-order valence-corrected chi connectivity index (χ1v) is 12.1. The van der Waals surface area contributed by atoms with E-state index in [4.69, 9.17) is 0 Å². The Balaban J connectivity index is 3.75. The molecule has 0 bridgehead atoms. The number of hydrogen-bond donors (Lipinski definition) is 0. The van der Waals surface area contributed by atoms with E-state index in [9.17, 15) is 0 Å². The van der Waals surface area contributed by atoms with Gasteiger partial charge in [-0.1, -0.05) is 84.5 Å². The van der Waals surface area contributed by atoms with Crippen LogP contribution in [0, 0.1) is 0 Å². The topological polar surface area (TPSA) is 0 Å². The third-order valence-electron chi connectivity index (χ3n) is 4.51. The van der Waals surface area contributed by atoms with Crippen molar-refractivity contribution < 1.29 is 0 Å². The Morgan fingerprint density at radius 1 is 0.550 bits per heavy atom. The smallest absolute Gasteiger partial charge is 0.0119 e. The van der Waals surface area contributed by atoms with Gasteiger partial charge in [0.25, 0.3) is 0 Å². The minimum absolute atomic E-state index is 0.355. The molecule has 20 heavy (non-hydrogen) atoms. The monoisotopic (exact) mass is 302 g/mol. The Morgan fingerprint density at radius 2 is 0.900 bits per heavy atom. The average Bonchev–Trinajstić information content (AvgIpc) is 2.38. The highest BCUT2D eigenvalue weighted by Gasteiger charge is 2.18. The quantitative estimate of drug-likeness (QED) is 0.299. The van der Waals surface area contributed by atoms with Crippen LogP contribution in [-0.2, 0) is 0 Å². The lowest BCUT2D eigenvalue weighted by Crippen LogP contribution is -2.16. The van der Waals surface area contributed by atoms with Crippen molar-refractivity contribution in [1.82, 2.24) is 0 Å². The van der Waals surface area contributed by atoms with E-state index < -0.39 is 0 Å². The molecule has 0 saturated heterocycles. The first-order chi connectivity index (χ1) is 9.52. The molecule has 1 unspecified atom stereocenters. The fourth-order valence-electron chi connectivity index (χ4n) is 2.98. The highest BCUT2D eigenvalue weighted by atomic mass is 32.3. The van der Waals surface area contributed by atoms with Crippen molar-refractivity contribution in [2.45, 2.75) is 103 Å². The second kappa shape index (κ2) is 13.0. The molecular formula is C19H42S. The molecule has 0 aliphatic heterocycles. The summed E-state index contributed by atoms with van der Waals surface area (Å²) >= 11 is 0. The second-order valence-corrected chi connectivity index (χ2v) is 11.8. The molecule has 0 heterocycles. The van der Waals surface area contributed by atoms with Crippen molar-refractivity contribution >= 4 is 10.0 Å². The van der Waals surface area contributed by atoms with Gasteiger partial charge >= 0.3 is 0 Å². The van der Waals surface area contributed by atoms with Gasteiger partial charge in [0.2, 0.25) is 0 Å². The Bertz CT molecular complexity index is 192. The van der Waals surface area contributed by atoms with E-state index in [2.05, 4.69) is 32.6 Å². The molecule has 0 aromatic rings. The van der Waals surface area contributed by atoms with Crippen molar-refractivity contribution in [3.05, 3.63) is 0 Å². The van der Waals surface area contributed by atoms with Crippen molar-refractivity contribution in [3.8, 4) is 0 Å². The number of hydrogen-bond acceptors (Lipinski definition) is 0. The second-order valence-electron chi connectivity index (χ2n) is 7.31. The molecule has 0 saturated carbocycles. The summed E-state index contributed by atoms with van der Waals surface area (Å²) in [7, 11) is -0.355. The predicted molar refractivity (Wildman–Crippen MR) is 101 cm³/mol. The molecule has 124 valence electrons. The first-order valence-electron chi connectivity index (χ1n) is 9.19. The van der Waals surface area contributed by atoms with Gasteiger partial charge < -0.3 is 0 Å². The third kappa shape index (κ3) is 12.1. The molecule has 0 spiro atoms. The number of rotatable bonds is 14. The largest absolute Gasteiger partial charge is 0.247 e. The van der Waals surface area contributed by atoms with Crippen molar-refractivity contribution in [3.63, 3.8) is 0 Å². The van der Waals surface area contributed by atoms with Gasteiger partial charge in [0.15, 0.2) is 0 Å². The van der Waals surface area contributed by atoms with Crippen LogP contribution in [0.25, 0.3) is 0 Å². The standard InChI is InChI=1S/C19H42S/c1-6-8-10-12-14-16-18-19(20(3,4)5)17-15-13-11-9-7-2/h19H,6-18H2,1-5H3. The Kier molecular flexibility index (Phi) is 13.3. The van der Waals surface area contributed by atoms with E-state index in [0.29, 0.717) is 0 Å². The first kappa shape index (κ1) is 20.3. The zero-order valence-corrected chi connectivity index (χ0v) is 16.0. The van der Waals surface area contributed by atoms with Crippen LogP contribution < -0.4 is 0 Å². The highest BCUT2D eigenvalue weighted by Crippen LogP contribution is 2.45. The van der Waals surface area contributed by atoms with E-state index in [1.54, 1.807) is 0 Å². The van der Waals surface area contributed by atoms with Crippen LogP contribution in [0.2, 0.25) is 0 Å². The van der Waals surface area contributed by atoms with E-state index in [1.807, 2.05) is 0 Å². The van der Waals surface area contributed by atoms with Crippen LogP contribution in [0.3, 0.4) is 0 Å². The zero-order chi connectivity index (χ0) is 15.3. The lowest BCUT2D eigenvalue weighted by Gasteiger charge is -2.36. The van der Waals surface area contributed by atoms with Crippen LogP contribution in [0.5, 0.6) is 0 Å². The SMILES string of the molecule is CCCCCCCCC(CCCCCCC)S(C)(C)C. The Labute approximate surface area is 131 Å². The molecule has 1 atom stereocenters. The summed E-state index contributed by atoms with van der Waals surface area (Å²) in [4.78, 5) is 0. The third-order valence-corrected chi connectivity index (χ3v) is 6.98. The van der Waals surface area contributed by atoms with Gasteiger partial charge in [0, 0.05) is 0 Å². The van der Waals surface area contributed by atoms with Gasteiger partial charge in [-0.05, 0) is 36.9 Å². The summed E-state index contributed by atoms with van der Waals surface area (Å²) in [5, 5.41) is 1.02.